The fourth-order valence-corrected chi connectivity index (χ4v) is 7.96. The zero-order chi connectivity index (χ0) is 32.7. The predicted octanol–water partition coefficient (Wildman–Crippen LogP) is 3.05. The molecule has 1 saturated heterocycles. The number of likely N-dealkylation sites (N-methyl/N-ethyl adjacent to an activating group) is 1. The lowest BCUT2D eigenvalue weighted by atomic mass is 9.80. The van der Waals surface area contributed by atoms with Gasteiger partial charge in [0.15, 0.2) is 5.54 Å². The predicted molar refractivity (Wildman–Crippen MR) is 164 cm³/mol. The molecule has 238 valence electrons. The van der Waals surface area contributed by atoms with E-state index in [9.17, 15) is 18.0 Å². The third kappa shape index (κ3) is 5.04. The van der Waals surface area contributed by atoms with Crippen molar-refractivity contribution < 1.29 is 41.7 Å². The van der Waals surface area contributed by atoms with Crippen molar-refractivity contribution in [2.45, 2.75) is 29.0 Å². The topological polar surface area (TPSA) is 132 Å². The van der Waals surface area contributed by atoms with Crippen LogP contribution in [0.2, 0.25) is 5.02 Å². The van der Waals surface area contributed by atoms with E-state index in [1.54, 1.807) is 43.3 Å². The van der Waals surface area contributed by atoms with E-state index in [-0.39, 0.29) is 63.6 Å². The molecule has 2 amide bonds. The summed E-state index contributed by atoms with van der Waals surface area (Å²) in [5, 5.41) is 0.220. The van der Waals surface area contributed by atoms with E-state index in [0.29, 0.717) is 10.1 Å². The lowest BCUT2D eigenvalue weighted by molar-refractivity contribution is -0.138. The summed E-state index contributed by atoms with van der Waals surface area (Å²) in [6, 6.07) is 14.2. The number of carbonyl (C=O) groups is 3. The van der Waals surface area contributed by atoms with Gasteiger partial charge >= 0.3 is 0 Å². The maximum atomic E-state index is 15.3. The summed E-state index contributed by atoms with van der Waals surface area (Å²) in [5.41, 5.74) is -1.49. The molecule has 0 unspecified atom stereocenters. The van der Waals surface area contributed by atoms with Crippen LogP contribution in [-0.2, 0) is 34.7 Å². The van der Waals surface area contributed by atoms with Crippen LogP contribution < -0.4 is 18.5 Å². The summed E-state index contributed by atoms with van der Waals surface area (Å²) in [6.45, 7) is 0.202. The molecule has 3 aromatic carbocycles. The van der Waals surface area contributed by atoms with Crippen molar-refractivity contribution in [1.29, 1.82) is 0 Å². The van der Waals surface area contributed by atoms with Crippen molar-refractivity contribution in [3.8, 4) is 17.2 Å². The zero-order valence-electron chi connectivity index (χ0n) is 25.2. The van der Waals surface area contributed by atoms with Gasteiger partial charge in [0.05, 0.1) is 33.1 Å². The normalized spacial score (nSPS) is 21.3. The number of amides is 2. The number of nitrogens with zero attached hydrogens (tertiary/aromatic N) is 3. The van der Waals surface area contributed by atoms with Crippen molar-refractivity contribution in [2.75, 3.05) is 46.3 Å². The first kappa shape index (κ1) is 32.1. The van der Waals surface area contributed by atoms with Gasteiger partial charge in [0, 0.05) is 49.3 Å². The molecule has 0 aromatic heterocycles. The number of para-hydroxylation sites is 1. The number of hydrogen-bond acceptors (Lipinski definition) is 10. The van der Waals surface area contributed by atoms with E-state index in [2.05, 4.69) is 0 Å². The van der Waals surface area contributed by atoms with Crippen LogP contribution in [0.1, 0.15) is 17.5 Å². The Kier molecular flexibility index (Phi) is 8.71. The zero-order valence-corrected chi connectivity index (χ0v) is 26.8. The summed E-state index contributed by atoms with van der Waals surface area (Å²) < 4.78 is 51.6. The first-order valence-electron chi connectivity index (χ1n) is 13.8. The summed E-state index contributed by atoms with van der Waals surface area (Å²) in [4.78, 5) is 43.1. The van der Waals surface area contributed by atoms with E-state index in [1.807, 2.05) is 0 Å². The van der Waals surface area contributed by atoms with Crippen LogP contribution in [0.4, 0.5) is 5.69 Å². The Morgan fingerprint density at radius 3 is 2.33 bits per heavy atom. The van der Waals surface area contributed by atoms with Crippen molar-refractivity contribution in [3.63, 3.8) is 0 Å². The molecule has 3 atom stereocenters. The molecule has 45 heavy (non-hydrogen) atoms. The van der Waals surface area contributed by atoms with Crippen molar-refractivity contribution in [3.05, 3.63) is 76.8 Å². The van der Waals surface area contributed by atoms with Gasteiger partial charge in [-0.1, -0.05) is 29.8 Å². The number of halogens is 1. The molecule has 14 heteroatoms. The standard InChI is InChI=1S/C31H32ClN3O9S/c1-33(2)29(37)25-15-21(44-18-36)17-34(25)31(22-8-6-7-9-26(22)42-4)23-14-19(32)10-12-24(23)35(30(31)38)45(39,40)28-13-11-20(41-3)16-27(28)43-5/h6-14,16,18,21,25H,15,17H2,1-5H3/t21-,25+,31+/m1/s1. The Balaban J connectivity index is 1.86. The van der Waals surface area contributed by atoms with Crippen LogP contribution in [-0.4, -0.2) is 90.6 Å². The minimum atomic E-state index is -4.68. The summed E-state index contributed by atoms with van der Waals surface area (Å²) >= 11 is 6.54. The molecule has 12 nitrogen and oxygen atoms in total. The van der Waals surface area contributed by atoms with E-state index < -0.39 is 33.6 Å². The maximum Gasteiger partial charge on any atom is 0.293 e. The highest BCUT2D eigenvalue weighted by atomic mass is 35.5. The Hall–Kier alpha value is -4.33. The van der Waals surface area contributed by atoms with Crippen LogP contribution in [0.5, 0.6) is 17.2 Å². The number of likely N-dealkylation sites (tertiary alicyclic amines) is 1. The highest BCUT2D eigenvalue weighted by Crippen LogP contribution is 2.55. The number of benzene rings is 3. The first-order valence-corrected chi connectivity index (χ1v) is 15.6. The molecule has 3 aromatic rings. The van der Waals surface area contributed by atoms with Crippen LogP contribution >= 0.6 is 11.6 Å². The van der Waals surface area contributed by atoms with Crippen molar-refractivity contribution in [2.24, 2.45) is 0 Å². The highest BCUT2D eigenvalue weighted by molar-refractivity contribution is 7.93. The Morgan fingerprint density at radius 1 is 0.978 bits per heavy atom. The largest absolute Gasteiger partial charge is 0.497 e. The average molecular weight is 658 g/mol. The maximum absolute atomic E-state index is 15.3. The number of rotatable bonds is 10. The number of sulfonamides is 1. The minimum absolute atomic E-state index is 0.0176. The lowest BCUT2D eigenvalue weighted by Gasteiger charge is -2.42. The summed E-state index contributed by atoms with van der Waals surface area (Å²) in [7, 11) is 2.62. The lowest BCUT2D eigenvalue weighted by Crippen LogP contribution is -2.59. The van der Waals surface area contributed by atoms with Crippen LogP contribution in [0, 0.1) is 0 Å². The van der Waals surface area contributed by atoms with E-state index >= 15 is 4.79 Å². The first-order chi connectivity index (χ1) is 21.5. The molecule has 5 rings (SSSR count). The Labute approximate surface area is 266 Å². The second kappa shape index (κ2) is 12.2. The molecule has 2 aliphatic rings. The van der Waals surface area contributed by atoms with Crippen LogP contribution in [0.15, 0.2) is 65.6 Å². The molecular formula is C31H32ClN3O9S. The Bertz CT molecular complexity index is 1770. The SMILES string of the molecule is COc1ccc(S(=O)(=O)N2C(=O)[C@@](c3ccccc3OC)(N3C[C@H](OC=O)C[C@H]3C(=O)N(C)C)c3cc(Cl)ccc32)c(OC)c1. The number of hydrogen-bond donors (Lipinski definition) is 0. The van der Waals surface area contributed by atoms with Gasteiger partial charge < -0.3 is 23.8 Å². The number of ether oxygens (including phenoxy) is 4. The smallest absolute Gasteiger partial charge is 0.293 e. The molecule has 0 aliphatic carbocycles. The van der Waals surface area contributed by atoms with Gasteiger partial charge in [-0.15, -0.1) is 0 Å². The third-order valence-corrected chi connectivity index (χ3v) is 10.1. The van der Waals surface area contributed by atoms with Crippen LogP contribution in [0.3, 0.4) is 0 Å². The fourth-order valence-electron chi connectivity index (χ4n) is 6.19. The number of anilines is 1. The molecule has 0 radical (unpaired) electrons. The van der Waals surface area contributed by atoms with Crippen molar-refractivity contribution >= 4 is 45.6 Å². The average Bonchev–Trinajstić information content (AvgIpc) is 3.56. The second-order valence-corrected chi connectivity index (χ2v) is 12.8. The van der Waals surface area contributed by atoms with Gasteiger partial charge in [0.25, 0.3) is 22.4 Å². The van der Waals surface area contributed by atoms with Gasteiger partial charge in [-0.25, -0.2) is 12.7 Å². The molecule has 2 aliphatic heterocycles. The molecule has 0 bridgehead atoms. The quantitative estimate of drug-likeness (QED) is 0.300. The van der Waals surface area contributed by atoms with Gasteiger partial charge in [-0.3, -0.25) is 19.3 Å². The molecule has 0 N–H and O–H groups in total. The summed E-state index contributed by atoms with van der Waals surface area (Å²) in [5.74, 6) is -0.735. The van der Waals surface area contributed by atoms with E-state index in [0.717, 1.165) is 0 Å². The van der Waals surface area contributed by atoms with E-state index in [4.69, 9.17) is 30.5 Å². The molecule has 1 fully saturated rings. The molecule has 0 saturated carbocycles. The second-order valence-electron chi connectivity index (χ2n) is 10.7. The monoisotopic (exact) mass is 657 g/mol. The minimum Gasteiger partial charge on any atom is -0.497 e. The van der Waals surface area contributed by atoms with Crippen LogP contribution in [0.25, 0.3) is 0 Å². The van der Waals surface area contributed by atoms with Gasteiger partial charge in [0.2, 0.25) is 5.91 Å². The molecular weight excluding hydrogens is 626 g/mol. The number of methoxy groups -OCH3 is 3. The molecule has 0 spiro atoms. The van der Waals surface area contributed by atoms with E-state index in [1.165, 1.54) is 62.6 Å². The summed E-state index contributed by atoms with van der Waals surface area (Å²) in [6.07, 6.45) is -0.736. The molecule has 2 heterocycles. The number of fused-ring (bicyclic) bond motifs is 1. The van der Waals surface area contributed by atoms with Gasteiger partial charge in [0.1, 0.15) is 28.2 Å². The Morgan fingerprint density at radius 2 is 1.69 bits per heavy atom. The van der Waals surface area contributed by atoms with Gasteiger partial charge in [-0.2, -0.15) is 0 Å². The third-order valence-electron chi connectivity index (χ3n) is 8.11. The highest BCUT2D eigenvalue weighted by Gasteiger charge is 2.64. The fraction of sp³-hybridized carbons (Fsp3) is 0.323. The number of carbonyl (C=O) groups excluding carboxylic acids is 3. The van der Waals surface area contributed by atoms with Gasteiger partial charge in [-0.05, 0) is 36.4 Å². The van der Waals surface area contributed by atoms with Crippen molar-refractivity contribution in [1.82, 2.24) is 9.80 Å².